The van der Waals surface area contributed by atoms with Crippen LogP contribution in [0.2, 0.25) is 5.02 Å². The van der Waals surface area contributed by atoms with E-state index in [9.17, 15) is 13.2 Å². The second-order valence-corrected chi connectivity index (χ2v) is 9.76. The molecule has 1 saturated heterocycles. The number of amides is 1. The Morgan fingerprint density at radius 1 is 1.06 bits per heavy atom. The number of nitrogens with zero attached hydrogens (tertiary/aromatic N) is 2. The van der Waals surface area contributed by atoms with Crippen molar-refractivity contribution in [3.05, 3.63) is 70.9 Å². The standard InChI is InChI=1S/C22H23ClN4O3S/c23-18-10-8-16(9-11-18)21-19(15-25-26-21)22(28)24-14-17-6-2-3-7-20(17)31(29,30)27-12-4-1-5-13-27/h2-3,6-11,15H,1,4-5,12-14H2,(H,24,28)(H,25,26). The van der Waals surface area contributed by atoms with E-state index in [1.807, 2.05) is 0 Å². The first kappa shape index (κ1) is 21.5. The maximum atomic E-state index is 13.1. The summed E-state index contributed by atoms with van der Waals surface area (Å²) in [5, 5.41) is 10.3. The summed E-state index contributed by atoms with van der Waals surface area (Å²) >= 11 is 5.94. The van der Waals surface area contributed by atoms with Gasteiger partial charge in [0.2, 0.25) is 10.0 Å². The van der Waals surface area contributed by atoms with Gasteiger partial charge in [0, 0.05) is 30.2 Å². The molecule has 0 radical (unpaired) electrons. The number of rotatable bonds is 6. The Bertz CT molecular complexity index is 1170. The first-order valence-electron chi connectivity index (χ1n) is 10.1. The fraction of sp³-hybridized carbons (Fsp3) is 0.273. The molecule has 9 heteroatoms. The highest BCUT2D eigenvalue weighted by atomic mass is 35.5. The van der Waals surface area contributed by atoms with Crippen LogP contribution in [0.3, 0.4) is 0 Å². The monoisotopic (exact) mass is 458 g/mol. The number of hydrogen-bond acceptors (Lipinski definition) is 4. The molecule has 7 nitrogen and oxygen atoms in total. The Labute approximate surface area is 186 Å². The Kier molecular flexibility index (Phi) is 6.41. The minimum Gasteiger partial charge on any atom is -0.348 e. The Hall–Kier alpha value is -2.68. The van der Waals surface area contributed by atoms with E-state index in [2.05, 4.69) is 15.5 Å². The van der Waals surface area contributed by atoms with Gasteiger partial charge in [-0.25, -0.2) is 8.42 Å². The van der Waals surface area contributed by atoms with Gasteiger partial charge in [-0.3, -0.25) is 9.89 Å². The summed E-state index contributed by atoms with van der Waals surface area (Å²) in [5.41, 5.74) is 2.28. The van der Waals surface area contributed by atoms with Crippen LogP contribution in [-0.4, -0.2) is 41.9 Å². The van der Waals surface area contributed by atoms with Gasteiger partial charge < -0.3 is 5.32 Å². The Morgan fingerprint density at radius 3 is 2.52 bits per heavy atom. The molecule has 4 rings (SSSR count). The molecule has 2 heterocycles. The van der Waals surface area contributed by atoms with Crippen molar-refractivity contribution in [1.82, 2.24) is 19.8 Å². The van der Waals surface area contributed by atoms with Crippen LogP contribution in [0.25, 0.3) is 11.3 Å². The molecular formula is C22H23ClN4O3S. The van der Waals surface area contributed by atoms with Crippen LogP contribution in [0, 0.1) is 0 Å². The van der Waals surface area contributed by atoms with Gasteiger partial charge in [0.15, 0.2) is 0 Å². The lowest BCUT2D eigenvalue weighted by atomic mass is 10.1. The molecule has 1 aromatic heterocycles. The van der Waals surface area contributed by atoms with Crippen LogP contribution in [-0.2, 0) is 16.6 Å². The summed E-state index contributed by atoms with van der Waals surface area (Å²) in [5.74, 6) is -0.344. The summed E-state index contributed by atoms with van der Waals surface area (Å²) in [6.07, 6.45) is 4.23. The number of aromatic nitrogens is 2. The van der Waals surface area contributed by atoms with Crippen LogP contribution >= 0.6 is 11.6 Å². The number of H-pyrrole nitrogens is 1. The summed E-state index contributed by atoms with van der Waals surface area (Å²) in [4.78, 5) is 13.1. The molecule has 1 amide bonds. The van der Waals surface area contributed by atoms with Crippen LogP contribution in [0.5, 0.6) is 0 Å². The van der Waals surface area contributed by atoms with Crippen molar-refractivity contribution >= 4 is 27.5 Å². The molecule has 2 N–H and O–H groups in total. The molecule has 1 aliphatic heterocycles. The van der Waals surface area contributed by atoms with E-state index in [0.29, 0.717) is 34.9 Å². The van der Waals surface area contributed by atoms with E-state index < -0.39 is 10.0 Å². The van der Waals surface area contributed by atoms with Crippen molar-refractivity contribution in [1.29, 1.82) is 0 Å². The average Bonchev–Trinajstić information content (AvgIpc) is 3.29. The molecule has 0 saturated carbocycles. The minimum absolute atomic E-state index is 0.0906. The van der Waals surface area contributed by atoms with Crippen LogP contribution in [0.1, 0.15) is 35.2 Å². The molecule has 0 aliphatic carbocycles. The molecule has 162 valence electrons. The van der Waals surface area contributed by atoms with Gasteiger partial charge in [0.05, 0.1) is 22.3 Å². The molecule has 2 aromatic carbocycles. The largest absolute Gasteiger partial charge is 0.348 e. The molecule has 3 aromatic rings. The van der Waals surface area contributed by atoms with Crippen LogP contribution in [0.4, 0.5) is 0 Å². The summed E-state index contributed by atoms with van der Waals surface area (Å²) in [7, 11) is -3.60. The Balaban J connectivity index is 1.53. The summed E-state index contributed by atoms with van der Waals surface area (Å²) in [6, 6.07) is 13.9. The zero-order valence-electron chi connectivity index (χ0n) is 16.8. The summed E-state index contributed by atoms with van der Waals surface area (Å²) < 4.78 is 27.8. The van der Waals surface area contributed by atoms with E-state index in [1.165, 1.54) is 10.5 Å². The summed E-state index contributed by atoms with van der Waals surface area (Å²) in [6.45, 7) is 1.15. The molecule has 0 bridgehead atoms. The number of carbonyl (C=O) groups excluding carboxylic acids is 1. The van der Waals surface area contributed by atoms with Crippen molar-refractivity contribution in [3.63, 3.8) is 0 Å². The number of halogens is 1. The number of carbonyl (C=O) groups is 1. The minimum atomic E-state index is -3.60. The number of hydrogen-bond donors (Lipinski definition) is 2. The molecule has 0 spiro atoms. The molecule has 31 heavy (non-hydrogen) atoms. The smallest absolute Gasteiger partial charge is 0.255 e. The number of benzene rings is 2. The Morgan fingerprint density at radius 2 is 1.77 bits per heavy atom. The highest BCUT2D eigenvalue weighted by molar-refractivity contribution is 7.89. The molecular weight excluding hydrogens is 436 g/mol. The van der Waals surface area contributed by atoms with E-state index >= 15 is 0 Å². The van der Waals surface area contributed by atoms with E-state index in [4.69, 9.17) is 11.6 Å². The third-order valence-corrected chi connectivity index (χ3v) is 7.61. The highest BCUT2D eigenvalue weighted by Crippen LogP contribution is 2.25. The topological polar surface area (TPSA) is 95.2 Å². The predicted octanol–water partition coefficient (Wildman–Crippen LogP) is 3.83. The fourth-order valence-electron chi connectivity index (χ4n) is 3.71. The SMILES string of the molecule is O=C(NCc1ccccc1S(=O)(=O)N1CCCCC1)c1cn[nH]c1-c1ccc(Cl)cc1. The van der Waals surface area contributed by atoms with Crippen molar-refractivity contribution < 1.29 is 13.2 Å². The van der Waals surface area contributed by atoms with Crippen molar-refractivity contribution in [2.24, 2.45) is 0 Å². The second kappa shape index (κ2) is 9.21. The van der Waals surface area contributed by atoms with E-state index in [1.54, 1.807) is 48.5 Å². The molecule has 1 aliphatic rings. The lowest BCUT2D eigenvalue weighted by Gasteiger charge is -2.26. The van der Waals surface area contributed by atoms with Gasteiger partial charge in [0.1, 0.15) is 0 Å². The van der Waals surface area contributed by atoms with E-state index in [-0.39, 0.29) is 17.3 Å². The zero-order valence-corrected chi connectivity index (χ0v) is 18.4. The lowest BCUT2D eigenvalue weighted by Crippen LogP contribution is -2.36. The lowest BCUT2D eigenvalue weighted by molar-refractivity contribution is 0.0951. The highest BCUT2D eigenvalue weighted by Gasteiger charge is 2.28. The normalized spacial score (nSPS) is 15.0. The van der Waals surface area contributed by atoms with Gasteiger partial charge >= 0.3 is 0 Å². The van der Waals surface area contributed by atoms with Crippen LogP contribution < -0.4 is 5.32 Å². The number of aromatic amines is 1. The first-order chi connectivity index (χ1) is 15.0. The third-order valence-electron chi connectivity index (χ3n) is 5.36. The van der Waals surface area contributed by atoms with Gasteiger partial charge in [-0.2, -0.15) is 9.40 Å². The first-order valence-corrected chi connectivity index (χ1v) is 11.9. The maximum absolute atomic E-state index is 13.1. The van der Waals surface area contributed by atoms with Crippen LogP contribution in [0.15, 0.2) is 59.6 Å². The zero-order chi connectivity index (χ0) is 21.8. The van der Waals surface area contributed by atoms with Crippen molar-refractivity contribution in [3.8, 4) is 11.3 Å². The van der Waals surface area contributed by atoms with Crippen molar-refractivity contribution in [2.45, 2.75) is 30.7 Å². The average molecular weight is 459 g/mol. The second-order valence-electron chi connectivity index (χ2n) is 7.42. The molecule has 1 fully saturated rings. The number of nitrogens with one attached hydrogen (secondary N) is 2. The molecule has 0 atom stereocenters. The fourth-order valence-corrected chi connectivity index (χ4v) is 5.58. The van der Waals surface area contributed by atoms with Gasteiger partial charge in [0.25, 0.3) is 5.91 Å². The van der Waals surface area contributed by atoms with E-state index in [0.717, 1.165) is 24.8 Å². The van der Waals surface area contributed by atoms with Crippen molar-refractivity contribution in [2.75, 3.05) is 13.1 Å². The predicted molar refractivity (Wildman–Crippen MR) is 119 cm³/mol. The van der Waals surface area contributed by atoms with Gasteiger partial charge in [-0.15, -0.1) is 0 Å². The number of sulfonamides is 1. The molecule has 0 unspecified atom stereocenters. The quantitative estimate of drug-likeness (QED) is 0.586. The maximum Gasteiger partial charge on any atom is 0.255 e. The third kappa shape index (κ3) is 4.66. The van der Waals surface area contributed by atoms with Gasteiger partial charge in [-0.1, -0.05) is 48.4 Å². The number of piperidine rings is 1. The van der Waals surface area contributed by atoms with Gasteiger partial charge in [-0.05, 0) is 36.6 Å².